The molecule has 3 atom stereocenters. The van der Waals surface area contributed by atoms with Crippen molar-refractivity contribution >= 4 is 5.91 Å². The Kier molecular flexibility index (Phi) is 5.15. The van der Waals surface area contributed by atoms with Gasteiger partial charge in [0, 0.05) is 12.0 Å². The molecule has 1 fully saturated rings. The second-order valence-electron chi connectivity index (χ2n) is 5.29. The zero-order valence-electron chi connectivity index (χ0n) is 12.0. The molecule has 0 saturated heterocycles. The Morgan fingerprint density at radius 1 is 1.52 bits per heavy atom. The predicted octanol–water partition coefficient (Wildman–Crippen LogP) is 2.79. The summed E-state index contributed by atoms with van der Waals surface area (Å²) < 4.78 is 19.0. The largest absolute Gasteiger partial charge is 0.478 e. The molecule has 5 heteroatoms. The zero-order chi connectivity index (χ0) is 15.2. The molecule has 1 N–H and O–H groups in total. The van der Waals surface area contributed by atoms with Gasteiger partial charge in [0.25, 0.3) is 5.91 Å². The number of rotatable bonds is 5. The van der Waals surface area contributed by atoms with Crippen molar-refractivity contribution in [2.75, 3.05) is 0 Å². The molecule has 112 valence electrons. The number of nitrogens with one attached hydrogen (secondary N) is 1. The summed E-state index contributed by atoms with van der Waals surface area (Å²) in [4.78, 5) is 12.2. The van der Waals surface area contributed by atoms with Gasteiger partial charge < -0.3 is 10.1 Å². The van der Waals surface area contributed by atoms with Crippen molar-refractivity contribution < 1.29 is 13.9 Å². The maximum absolute atomic E-state index is 13.6. The Morgan fingerprint density at radius 2 is 2.29 bits per heavy atom. The SMILES string of the molecule is CC[C@H](Oc1ccccc1F)C(=O)N[C@H]1CC[C@H](C#N)C1. The van der Waals surface area contributed by atoms with Gasteiger partial charge in [-0.1, -0.05) is 19.1 Å². The quantitative estimate of drug-likeness (QED) is 0.907. The van der Waals surface area contributed by atoms with Gasteiger partial charge >= 0.3 is 0 Å². The second kappa shape index (κ2) is 7.07. The molecular weight excluding hydrogens is 271 g/mol. The highest BCUT2D eigenvalue weighted by atomic mass is 19.1. The van der Waals surface area contributed by atoms with Crippen molar-refractivity contribution in [1.82, 2.24) is 5.32 Å². The minimum Gasteiger partial charge on any atom is -0.478 e. The van der Waals surface area contributed by atoms with Gasteiger partial charge in [-0.2, -0.15) is 5.26 Å². The molecule has 1 aromatic carbocycles. The third kappa shape index (κ3) is 3.94. The smallest absolute Gasteiger partial charge is 0.261 e. The molecule has 21 heavy (non-hydrogen) atoms. The summed E-state index contributed by atoms with van der Waals surface area (Å²) in [7, 11) is 0. The molecule has 0 radical (unpaired) electrons. The van der Waals surface area contributed by atoms with E-state index in [1.807, 2.05) is 6.92 Å². The maximum Gasteiger partial charge on any atom is 0.261 e. The molecule has 0 spiro atoms. The highest BCUT2D eigenvalue weighted by molar-refractivity contribution is 5.81. The third-order valence-electron chi connectivity index (χ3n) is 3.73. The zero-order valence-corrected chi connectivity index (χ0v) is 12.0. The van der Waals surface area contributed by atoms with Crippen LogP contribution < -0.4 is 10.1 Å². The molecule has 0 unspecified atom stereocenters. The molecule has 0 bridgehead atoms. The Hall–Kier alpha value is -2.09. The van der Waals surface area contributed by atoms with Crippen LogP contribution in [0.1, 0.15) is 32.6 Å². The van der Waals surface area contributed by atoms with Crippen molar-refractivity contribution in [3.63, 3.8) is 0 Å². The maximum atomic E-state index is 13.6. The molecule has 1 aliphatic carbocycles. The van der Waals surface area contributed by atoms with Crippen LogP contribution in [-0.4, -0.2) is 18.1 Å². The summed E-state index contributed by atoms with van der Waals surface area (Å²) in [5.74, 6) is -0.623. The lowest BCUT2D eigenvalue weighted by Gasteiger charge is -2.20. The number of hydrogen-bond donors (Lipinski definition) is 1. The average molecular weight is 290 g/mol. The molecule has 2 rings (SSSR count). The van der Waals surface area contributed by atoms with Crippen molar-refractivity contribution in [3.8, 4) is 11.8 Å². The number of amides is 1. The van der Waals surface area contributed by atoms with Crippen LogP contribution in [0.2, 0.25) is 0 Å². The van der Waals surface area contributed by atoms with Crippen LogP contribution in [0.5, 0.6) is 5.75 Å². The van der Waals surface area contributed by atoms with Crippen molar-refractivity contribution in [3.05, 3.63) is 30.1 Å². The van der Waals surface area contributed by atoms with E-state index < -0.39 is 11.9 Å². The van der Waals surface area contributed by atoms with Gasteiger partial charge in [-0.15, -0.1) is 0 Å². The molecule has 0 aliphatic heterocycles. The fourth-order valence-electron chi connectivity index (χ4n) is 2.54. The van der Waals surface area contributed by atoms with E-state index in [1.54, 1.807) is 12.1 Å². The summed E-state index contributed by atoms with van der Waals surface area (Å²) in [6.07, 6.45) is 2.03. The molecule has 4 nitrogen and oxygen atoms in total. The molecule has 1 aliphatic rings. The van der Waals surface area contributed by atoms with E-state index >= 15 is 0 Å². The van der Waals surface area contributed by atoms with Gasteiger partial charge in [-0.3, -0.25) is 4.79 Å². The molecule has 1 aromatic rings. The van der Waals surface area contributed by atoms with E-state index in [9.17, 15) is 9.18 Å². The van der Waals surface area contributed by atoms with Crippen molar-refractivity contribution in [1.29, 1.82) is 5.26 Å². The van der Waals surface area contributed by atoms with Gasteiger partial charge in [0.15, 0.2) is 17.7 Å². The number of carbonyl (C=O) groups is 1. The lowest BCUT2D eigenvalue weighted by molar-refractivity contribution is -0.128. The van der Waals surface area contributed by atoms with E-state index in [0.717, 1.165) is 12.8 Å². The number of para-hydroxylation sites is 1. The van der Waals surface area contributed by atoms with Gasteiger partial charge in [-0.05, 0) is 37.8 Å². The lowest BCUT2D eigenvalue weighted by atomic mass is 10.1. The molecule has 1 saturated carbocycles. The van der Waals surface area contributed by atoms with Gasteiger partial charge in [-0.25, -0.2) is 4.39 Å². The topological polar surface area (TPSA) is 62.1 Å². The van der Waals surface area contributed by atoms with Crippen LogP contribution in [0.15, 0.2) is 24.3 Å². The summed E-state index contributed by atoms with van der Waals surface area (Å²) in [6.45, 7) is 1.82. The van der Waals surface area contributed by atoms with Crippen LogP contribution in [0.25, 0.3) is 0 Å². The fraction of sp³-hybridized carbons (Fsp3) is 0.500. The number of benzene rings is 1. The summed E-state index contributed by atoms with van der Waals surface area (Å²) in [6, 6.07) is 8.28. The number of carbonyl (C=O) groups excluding carboxylic acids is 1. The van der Waals surface area contributed by atoms with Crippen LogP contribution in [0, 0.1) is 23.1 Å². The van der Waals surface area contributed by atoms with Crippen molar-refractivity contribution in [2.45, 2.75) is 44.8 Å². The first-order valence-electron chi connectivity index (χ1n) is 7.25. The third-order valence-corrected chi connectivity index (χ3v) is 3.73. The predicted molar refractivity (Wildman–Crippen MR) is 76.0 cm³/mol. The first-order valence-corrected chi connectivity index (χ1v) is 7.25. The first kappa shape index (κ1) is 15.3. The van der Waals surface area contributed by atoms with Gasteiger partial charge in [0.05, 0.1) is 6.07 Å². The van der Waals surface area contributed by atoms with E-state index in [4.69, 9.17) is 10.00 Å². The number of ether oxygens (including phenoxy) is 1. The second-order valence-corrected chi connectivity index (χ2v) is 5.29. The van der Waals surface area contributed by atoms with Gasteiger partial charge in [0.2, 0.25) is 0 Å². The lowest BCUT2D eigenvalue weighted by Crippen LogP contribution is -2.42. The monoisotopic (exact) mass is 290 g/mol. The highest BCUT2D eigenvalue weighted by Gasteiger charge is 2.28. The standard InChI is InChI=1S/C16H19FN2O2/c1-2-14(21-15-6-4-3-5-13(15)17)16(20)19-12-8-7-11(9-12)10-18/h3-6,11-12,14H,2,7-9H2,1H3,(H,19,20)/t11-,12-,14-/m0/s1. The van der Waals surface area contributed by atoms with E-state index in [1.165, 1.54) is 12.1 Å². The summed E-state index contributed by atoms with van der Waals surface area (Å²) >= 11 is 0. The van der Waals surface area contributed by atoms with Crippen LogP contribution in [0.4, 0.5) is 4.39 Å². The number of nitriles is 1. The Balaban J connectivity index is 1.93. The summed E-state index contributed by atoms with van der Waals surface area (Å²) in [5, 5.41) is 11.8. The minimum absolute atomic E-state index is 0.0143. The highest BCUT2D eigenvalue weighted by Crippen LogP contribution is 2.25. The fourth-order valence-corrected chi connectivity index (χ4v) is 2.54. The minimum atomic E-state index is -0.719. The molecule has 0 heterocycles. The number of hydrogen-bond acceptors (Lipinski definition) is 3. The number of halogens is 1. The normalized spacial score (nSPS) is 22.3. The van der Waals surface area contributed by atoms with E-state index in [2.05, 4.69) is 11.4 Å². The Bertz CT molecular complexity index is 541. The van der Waals surface area contributed by atoms with Gasteiger partial charge in [0.1, 0.15) is 0 Å². The van der Waals surface area contributed by atoms with E-state index in [0.29, 0.717) is 12.8 Å². The van der Waals surface area contributed by atoms with Crippen LogP contribution >= 0.6 is 0 Å². The molecule has 1 amide bonds. The molecule has 0 aromatic heterocycles. The summed E-state index contributed by atoms with van der Waals surface area (Å²) in [5.41, 5.74) is 0. The molecular formula is C16H19FN2O2. The first-order chi connectivity index (χ1) is 10.1. The van der Waals surface area contributed by atoms with Crippen molar-refractivity contribution in [2.24, 2.45) is 5.92 Å². The Morgan fingerprint density at radius 3 is 2.90 bits per heavy atom. The van der Waals surface area contributed by atoms with Crippen LogP contribution in [0.3, 0.4) is 0 Å². The number of nitrogens with zero attached hydrogens (tertiary/aromatic N) is 1. The average Bonchev–Trinajstić information content (AvgIpc) is 2.94. The van der Waals surface area contributed by atoms with Crippen LogP contribution in [-0.2, 0) is 4.79 Å². The Labute approximate surface area is 123 Å². The van der Waals surface area contributed by atoms with E-state index in [-0.39, 0.29) is 23.6 Å².